The minimum atomic E-state index is -0.231. The van der Waals surface area contributed by atoms with Gasteiger partial charge in [-0.1, -0.05) is 20.8 Å². The summed E-state index contributed by atoms with van der Waals surface area (Å²) in [7, 11) is 0. The Morgan fingerprint density at radius 2 is 1.62 bits per heavy atom. The molecular weight excluding hydrogens is 364 g/mol. The predicted molar refractivity (Wildman–Crippen MR) is 118 cm³/mol. The number of anilines is 3. The first-order chi connectivity index (χ1) is 13.6. The van der Waals surface area contributed by atoms with Crippen LogP contribution in [0.15, 0.2) is 46.5 Å². The molecule has 6 N–H and O–H groups in total. The summed E-state index contributed by atoms with van der Waals surface area (Å²) < 4.78 is 0. The van der Waals surface area contributed by atoms with Crippen LogP contribution in [-0.2, 0) is 0 Å². The number of fused-ring (bicyclic) bond motifs is 1. The molecule has 2 aromatic carbocycles. The standard InChI is InChI=1S/C21H24N8/c1-11-7-13(22)5-6-16(11)25-17-18(21(2,3)4)27-29-20(17)26-19(28-29)12-8-14(23)10-15(24)9-12/h5-10H,22-24H2,1-4H3. The van der Waals surface area contributed by atoms with Gasteiger partial charge in [-0.2, -0.15) is 5.10 Å². The van der Waals surface area contributed by atoms with Gasteiger partial charge in [0.05, 0.1) is 11.4 Å². The van der Waals surface area contributed by atoms with Crippen LogP contribution in [0.5, 0.6) is 0 Å². The van der Waals surface area contributed by atoms with E-state index in [-0.39, 0.29) is 5.41 Å². The largest absolute Gasteiger partial charge is 0.399 e. The van der Waals surface area contributed by atoms with E-state index in [1.54, 1.807) is 18.2 Å². The Hall–Kier alpha value is -3.68. The van der Waals surface area contributed by atoms with E-state index < -0.39 is 0 Å². The second-order valence-corrected chi connectivity index (χ2v) is 8.24. The Kier molecular flexibility index (Phi) is 4.15. The molecule has 0 fully saturated rings. The number of aliphatic imine (C=N–C) groups is 1. The Labute approximate surface area is 169 Å². The van der Waals surface area contributed by atoms with Crippen LogP contribution in [0, 0.1) is 12.3 Å². The average Bonchev–Trinajstić information content (AvgIpc) is 3.15. The molecule has 3 aromatic rings. The summed E-state index contributed by atoms with van der Waals surface area (Å²) >= 11 is 0. The van der Waals surface area contributed by atoms with Crippen LogP contribution in [0.3, 0.4) is 0 Å². The zero-order valence-electron chi connectivity index (χ0n) is 16.9. The van der Waals surface area contributed by atoms with Gasteiger partial charge in [-0.3, -0.25) is 0 Å². The Morgan fingerprint density at radius 3 is 2.24 bits per heavy atom. The molecule has 2 heterocycles. The molecule has 8 nitrogen and oxygen atoms in total. The number of hydrogen-bond acceptors (Lipinski definition) is 7. The minimum Gasteiger partial charge on any atom is -0.399 e. The summed E-state index contributed by atoms with van der Waals surface area (Å²) in [5.74, 6) is 1.08. The highest BCUT2D eigenvalue weighted by Gasteiger charge is 2.35. The first-order valence-corrected chi connectivity index (χ1v) is 9.30. The van der Waals surface area contributed by atoms with Crippen LogP contribution in [0.25, 0.3) is 11.4 Å². The predicted octanol–water partition coefficient (Wildman–Crippen LogP) is 3.38. The van der Waals surface area contributed by atoms with E-state index >= 15 is 0 Å². The monoisotopic (exact) mass is 388 g/mol. The van der Waals surface area contributed by atoms with E-state index in [0.717, 1.165) is 22.5 Å². The van der Waals surface area contributed by atoms with Gasteiger partial charge < -0.3 is 17.2 Å². The zero-order valence-corrected chi connectivity index (χ0v) is 16.9. The van der Waals surface area contributed by atoms with Crippen LogP contribution in [-0.4, -0.2) is 26.3 Å². The summed E-state index contributed by atoms with van der Waals surface area (Å²) in [6.45, 7) is 8.24. The normalized spacial score (nSPS) is 14.9. The van der Waals surface area contributed by atoms with E-state index in [4.69, 9.17) is 27.2 Å². The Balaban J connectivity index is 1.87. The fourth-order valence-electron chi connectivity index (χ4n) is 3.23. The third-order valence-electron chi connectivity index (χ3n) is 4.62. The van der Waals surface area contributed by atoms with Crippen LogP contribution in [0.2, 0.25) is 0 Å². The third-order valence-corrected chi connectivity index (χ3v) is 4.62. The van der Waals surface area contributed by atoms with Gasteiger partial charge in [0.1, 0.15) is 5.71 Å². The van der Waals surface area contributed by atoms with Crippen molar-refractivity contribution in [2.75, 3.05) is 17.2 Å². The van der Waals surface area contributed by atoms with Crippen molar-refractivity contribution in [2.24, 2.45) is 15.5 Å². The van der Waals surface area contributed by atoms with E-state index in [9.17, 15) is 0 Å². The van der Waals surface area contributed by atoms with Crippen LogP contribution in [0.1, 0.15) is 32.2 Å². The lowest BCUT2D eigenvalue weighted by molar-refractivity contribution is 0.589. The summed E-state index contributed by atoms with van der Waals surface area (Å²) in [6.07, 6.45) is 0. The smallest absolute Gasteiger partial charge is 0.204 e. The van der Waals surface area contributed by atoms with Crippen LogP contribution in [0.4, 0.5) is 22.7 Å². The zero-order chi connectivity index (χ0) is 20.9. The molecule has 0 aliphatic carbocycles. The SMILES string of the molecule is Cc1cc(N)ccc1N=C1C(C(C)(C)C)=Nn2nc(-c3cc(N)cc(N)c3)nc21. The Bertz CT molecular complexity index is 1160. The van der Waals surface area contributed by atoms with E-state index in [1.807, 2.05) is 25.1 Å². The maximum Gasteiger partial charge on any atom is 0.204 e. The van der Waals surface area contributed by atoms with E-state index in [1.165, 1.54) is 4.79 Å². The molecule has 1 aliphatic heterocycles. The van der Waals surface area contributed by atoms with Crippen molar-refractivity contribution in [1.82, 2.24) is 14.9 Å². The van der Waals surface area contributed by atoms with E-state index in [2.05, 4.69) is 31.0 Å². The molecule has 0 saturated carbocycles. The fourth-order valence-corrected chi connectivity index (χ4v) is 3.23. The number of aryl methyl sites for hydroxylation is 1. The molecule has 0 atom stereocenters. The molecule has 0 unspecified atom stereocenters. The summed E-state index contributed by atoms with van der Waals surface area (Å²) in [6, 6.07) is 10.9. The molecular formula is C21H24N8. The minimum absolute atomic E-state index is 0.231. The van der Waals surface area contributed by atoms with Gasteiger partial charge >= 0.3 is 0 Å². The summed E-state index contributed by atoms with van der Waals surface area (Å²) in [4.78, 5) is 11.1. The second-order valence-electron chi connectivity index (χ2n) is 8.24. The van der Waals surface area contributed by atoms with Gasteiger partial charge in [0.15, 0.2) is 5.82 Å². The van der Waals surface area contributed by atoms with E-state index in [0.29, 0.717) is 34.4 Å². The van der Waals surface area contributed by atoms with Crippen molar-refractivity contribution in [2.45, 2.75) is 27.7 Å². The molecule has 1 aliphatic rings. The number of benzene rings is 2. The van der Waals surface area contributed by atoms with Crippen molar-refractivity contribution in [3.05, 3.63) is 47.8 Å². The van der Waals surface area contributed by atoms with Gasteiger partial charge in [0.2, 0.25) is 5.82 Å². The first-order valence-electron chi connectivity index (χ1n) is 9.30. The maximum atomic E-state index is 5.92. The highest BCUT2D eigenvalue weighted by atomic mass is 15.6. The maximum absolute atomic E-state index is 5.92. The second kappa shape index (κ2) is 6.44. The molecule has 8 heteroatoms. The molecule has 0 amide bonds. The molecule has 29 heavy (non-hydrogen) atoms. The quantitative estimate of drug-likeness (QED) is 0.579. The number of nitrogens with zero attached hydrogens (tertiary/aromatic N) is 5. The lowest BCUT2D eigenvalue weighted by atomic mass is 9.87. The number of aromatic nitrogens is 3. The molecule has 4 rings (SSSR count). The van der Waals surface area contributed by atoms with Crippen molar-refractivity contribution in [3.63, 3.8) is 0 Å². The summed E-state index contributed by atoms with van der Waals surface area (Å²) in [5, 5.41) is 9.22. The Morgan fingerprint density at radius 1 is 0.931 bits per heavy atom. The van der Waals surface area contributed by atoms with Crippen molar-refractivity contribution < 1.29 is 0 Å². The van der Waals surface area contributed by atoms with Crippen LogP contribution < -0.4 is 17.2 Å². The lowest BCUT2D eigenvalue weighted by Gasteiger charge is -2.18. The van der Waals surface area contributed by atoms with Gasteiger partial charge in [-0.25, -0.2) is 9.98 Å². The number of hydrogen-bond donors (Lipinski definition) is 3. The van der Waals surface area contributed by atoms with Crippen molar-refractivity contribution in [3.8, 4) is 11.4 Å². The molecule has 0 spiro atoms. The topological polar surface area (TPSA) is 133 Å². The molecule has 148 valence electrons. The van der Waals surface area contributed by atoms with Crippen molar-refractivity contribution >= 4 is 34.2 Å². The average molecular weight is 388 g/mol. The molecule has 0 bridgehead atoms. The van der Waals surface area contributed by atoms with Gasteiger partial charge in [-0.05, 0) is 48.9 Å². The van der Waals surface area contributed by atoms with Gasteiger partial charge in [0, 0.05) is 28.0 Å². The highest BCUT2D eigenvalue weighted by Crippen LogP contribution is 2.30. The number of nitrogen functional groups attached to an aromatic ring is 3. The fraction of sp³-hybridized carbons (Fsp3) is 0.238. The molecule has 0 radical (unpaired) electrons. The third kappa shape index (κ3) is 3.44. The highest BCUT2D eigenvalue weighted by molar-refractivity contribution is 6.50. The van der Waals surface area contributed by atoms with Gasteiger partial charge in [-0.15, -0.1) is 9.89 Å². The van der Waals surface area contributed by atoms with Crippen molar-refractivity contribution in [1.29, 1.82) is 0 Å². The first kappa shape index (κ1) is 18.7. The number of nitrogens with two attached hydrogens (primary N) is 3. The van der Waals surface area contributed by atoms with Gasteiger partial charge in [0.25, 0.3) is 0 Å². The molecule has 1 aromatic heterocycles. The summed E-state index contributed by atoms with van der Waals surface area (Å²) in [5.41, 5.74) is 23.4. The van der Waals surface area contributed by atoms with Crippen LogP contribution >= 0.6 is 0 Å². The molecule has 0 saturated heterocycles. The number of rotatable bonds is 2. The lowest BCUT2D eigenvalue weighted by Crippen LogP contribution is -2.27.